The van der Waals surface area contributed by atoms with E-state index in [1.807, 2.05) is 18.2 Å². The second kappa shape index (κ2) is 6.01. The van der Waals surface area contributed by atoms with Gasteiger partial charge >= 0.3 is 0 Å². The number of hydrogen-bond donors (Lipinski definition) is 0. The van der Waals surface area contributed by atoms with Crippen molar-refractivity contribution in [2.45, 2.75) is 25.2 Å². The van der Waals surface area contributed by atoms with Crippen molar-refractivity contribution in [3.63, 3.8) is 0 Å². The smallest absolute Gasteiger partial charge is 0.147 e. The van der Waals surface area contributed by atoms with Crippen molar-refractivity contribution in [1.29, 1.82) is 0 Å². The molecule has 0 amide bonds. The maximum Gasteiger partial charge on any atom is 0.147 e. The molecule has 0 aliphatic carbocycles. The van der Waals surface area contributed by atoms with E-state index in [9.17, 15) is 8.42 Å². The molecule has 0 N–H and O–H groups in total. The third-order valence-electron chi connectivity index (χ3n) is 3.27. The second-order valence-electron chi connectivity index (χ2n) is 4.51. The van der Waals surface area contributed by atoms with Gasteiger partial charge in [0.15, 0.2) is 0 Å². The molecule has 1 unspecified atom stereocenters. The minimum Gasteiger partial charge on any atom is -0.229 e. The van der Waals surface area contributed by atoms with Gasteiger partial charge in [-0.25, -0.2) is 8.42 Å². The van der Waals surface area contributed by atoms with Crippen molar-refractivity contribution < 1.29 is 8.42 Å². The largest absolute Gasteiger partial charge is 0.229 e. The van der Waals surface area contributed by atoms with Crippen molar-refractivity contribution in [3.05, 3.63) is 35.9 Å². The highest BCUT2D eigenvalue weighted by atomic mass is 79.9. The summed E-state index contributed by atoms with van der Waals surface area (Å²) in [6.07, 6.45) is 2.89. The molecule has 96 valence electrons. The van der Waals surface area contributed by atoms with Crippen LogP contribution in [-0.2, 0) is 15.3 Å². The van der Waals surface area contributed by atoms with Crippen molar-refractivity contribution in [2.75, 3.05) is 17.3 Å². The second-order valence-corrected chi connectivity index (χ2v) is 7.33. The summed E-state index contributed by atoms with van der Waals surface area (Å²) in [6.45, 7) is 2.11. The third kappa shape index (κ3) is 4.11. The van der Waals surface area contributed by atoms with Crippen LogP contribution in [0, 0.1) is 0 Å². The average Bonchev–Trinajstić information content (AvgIpc) is 2.31. The standard InChI is InChI=1S/C13H19BrO2S/c1-3-13(11-14,9-10-17(2,15)16)12-7-5-4-6-8-12/h4-8H,3,9-11H2,1-2H3. The van der Waals surface area contributed by atoms with Crippen LogP contribution < -0.4 is 0 Å². The third-order valence-corrected chi connectivity index (χ3v) is 5.29. The molecule has 4 heteroatoms. The summed E-state index contributed by atoms with van der Waals surface area (Å²) in [5.74, 6) is 0.237. The Hall–Kier alpha value is -0.350. The van der Waals surface area contributed by atoms with E-state index in [2.05, 4.69) is 35.0 Å². The average molecular weight is 319 g/mol. The molecule has 0 saturated carbocycles. The molecule has 1 aromatic carbocycles. The molecule has 17 heavy (non-hydrogen) atoms. The number of alkyl halides is 1. The molecule has 0 fully saturated rings. The molecule has 0 radical (unpaired) electrons. The minimum absolute atomic E-state index is 0.0790. The molecule has 1 rings (SSSR count). The quantitative estimate of drug-likeness (QED) is 0.755. The summed E-state index contributed by atoms with van der Waals surface area (Å²) in [7, 11) is -2.91. The highest BCUT2D eigenvalue weighted by Crippen LogP contribution is 2.34. The lowest BCUT2D eigenvalue weighted by Gasteiger charge is -2.31. The Morgan fingerprint density at radius 3 is 2.24 bits per heavy atom. The van der Waals surface area contributed by atoms with Crippen molar-refractivity contribution in [2.24, 2.45) is 0 Å². The van der Waals surface area contributed by atoms with E-state index >= 15 is 0 Å². The van der Waals surface area contributed by atoms with Gasteiger partial charge in [0.05, 0.1) is 5.75 Å². The van der Waals surface area contributed by atoms with Crippen LogP contribution in [0.5, 0.6) is 0 Å². The lowest BCUT2D eigenvalue weighted by Crippen LogP contribution is -2.30. The van der Waals surface area contributed by atoms with E-state index in [4.69, 9.17) is 0 Å². The molecule has 0 aliphatic heterocycles. The minimum atomic E-state index is -2.91. The fourth-order valence-electron chi connectivity index (χ4n) is 1.94. The van der Waals surface area contributed by atoms with E-state index in [0.29, 0.717) is 6.42 Å². The molecule has 2 nitrogen and oxygen atoms in total. The molecular formula is C13H19BrO2S. The molecule has 0 aliphatic rings. The Bertz CT molecular complexity index is 436. The van der Waals surface area contributed by atoms with E-state index in [1.54, 1.807) is 0 Å². The van der Waals surface area contributed by atoms with Gasteiger partial charge in [-0.15, -0.1) is 0 Å². The monoisotopic (exact) mass is 318 g/mol. The van der Waals surface area contributed by atoms with Gasteiger partial charge in [0.1, 0.15) is 9.84 Å². The van der Waals surface area contributed by atoms with Gasteiger partial charge in [-0.05, 0) is 18.4 Å². The van der Waals surface area contributed by atoms with E-state index in [0.717, 1.165) is 11.8 Å². The highest BCUT2D eigenvalue weighted by Gasteiger charge is 2.29. The Labute approximate surface area is 112 Å². The molecule has 0 saturated heterocycles. The van der Waals surface area contributed by atoms with Crippen LogP contribution in [0.1, 0.15) is 25.3 Å². The van der Waals surface area contributed by atoms with Gasteiger partial charge < -0.3 is 0 Å². The Morgan fingerprint density at radius 2 is 1.82 bits per heavy atom. The molecule has 0 heterocycles. The summed E-state index contributed by atoms with van der Waals surface area (Å²) in [4.78, 5) is 0. The molecular weight excluding hydrogens is 300 g/mol. The fourth-order valence-corrected chi connectivity index (χ4v) is 3.70. The Morgan fingerprint density at radius 1 is 1.24 bits per heavy atom. The maximum atomic E-state index is 11.3. The lowest BCUT2D eigenvalue weighted by molar-refractivity contribution is 0.449. The van der Waals surface area contributed by atoms with Crippen molar-refractivity contribution in [3.8, 4) is 0 Å². The first kappa shape index (κ1) is 14.7. The Kier molecular flexibility index (Phi) is 5.20. The van der Waals surface area contributed by atoms with Crippen LogP contribution in [0.3, 0.4) is 0 Å². The number of halogens is 1. The van der Waals surface area contributed by atoms with Crippen molar-refractivity contribution >= 4 is 25.8 Å². The van der Waals surface area contributed by atoms with Crippen LogP contribution in [0.25, 0.3) is 0 Å². The number of benzene rings is 1. The van der Waals surface area contributed by atoms with Gasteiger partial charge in [0.25, 0.3) is 0 Å². The first-order valence-electron chi connectivity index (χ1n) is 5.73. The normalized spacial score (nSPS) is 15.5. The van der Waals surface area contributed by atoms with Crippen LogP contribution >= 0.6 is 15.9 Å². The van der Waals surface area contributed by atoms with E-state index < -0.39 is 9.84 Å². The fraction of sp³-hybridized carbons (Fsp3) is 0.538. The molecule has 1 aromatic rings. The molecule has 0 bridgehead atoms. The van der Waals surface area contributed by atoms with E-state index in [-0.39, 0.29) is 11.2 Å². The first-order chi connectivity index (χ1) is 7.93. The summed E-state index contributed by atoms with van der Waals surface area (Å²) in [6, 6.07) is 10.1. The molecule has 1 atom stereocenters. The van der Waals surface area contributed by atoms with Crippen LogP contribution in [0.2, 0.25) is 0 Å². The zero-order valence-electron chi connectivity index (χ0n) is 10.3. The molecule has 0 aromatic heterocycles. The number of hydrogen-bond acceptors (Lipinski definition) is 2. The maximum absolute atomic E-state index is 11.3. The van der Waals surface area contributed by atoms with Gasteiger partial charge in [0.2, 0.25) is 0 Å². The summed E-state index contributed by atoms with van der Waals surface area (Å²) >= 11 is 3.54. The summed E-state index contributed by atoms with van der Waals surface area (Å²) in [5, 5.41) is 0.788. The zero-order chi connectivity index (χ0) is 12.9. The lowest BCUT2D eigenvalue weighted by atomic mass is 9.78. The van der Waals surface area contributed by atoms with Gasteiger partial charge in [0, 0.05) is 17.0 Å². The first-order valence-corrected chi connectivity index (χ1v) is 8.91. The van der Waals surface area contributed by atoms with Crippen molar-refractivity contribution in [1.82, 2.24) is 0 Å². The topological polar surface area (TPSA) is 34.1 Å². The highest BCUT2D eigenvalue weighted by molar-refractivity contribution is 9.09. The van der Waals surface area contributed by atoms with E-state index in [1.165, 1.54) is 11.8 Å². The zero-order valence-corrected chi connectivity index (χ0v) is 12.7. The number of rotatable bonds is 6. The van der Waals surface area contributed by atoms with Gasteiger partial charge in [-0.1, -0.05) is 53.2 Å². The predicted molar refractivity (Wildman–Crippen MR) is 76.5 cm³/mol. The number of sulfone groups is 1. The predicted octanol–water partition coefficient (Wildman–Crippen LogP) is 3.16. The van der Waals surface area contributed by atoms with Gasteiger partial charge in [-0.3, -0.25) is 0 Å². The van der Waals surface area contributed by atoms with Crippen LogP contribution in [-0.4, -0.2) is 25.8 Å². The van der Waals surface area contributed by atoms with Gasteiger partial charge in [-0.2, -0.15) is 0 Å². The SMILES string of the molecule is CCC(CBr)(CCS(C)(=O)=O)c1ccccc1. The Balaban J connectivity index is 2.98. The van der Waals surface area contributed by atoms with Crippen LogP contribution in [0.4, 0.5) is 0 Å². The molecule has 0 spiro atoms. The van der Waals surface area contributed by atoms with Crippen LogP contribution in [0.15, 0.2) is 30.3 Å². The summed E-state index contributed by atoms with van der Waals surface area (Å²) < 4.78 is 22.7. The summed E-state index contributed by atoms with van der Waals surface area (Å²) in [5.41, 5.74) is 1.13.